The number of ether oxygens (including phenoxy) is 1. The van der Waals surface area contributed by atoms with Gasteiger partial charge >= 0.3 is 0 Å². The van der Waals surface area contributed by atoms with Gasteiger partial charge in [-0.05, 0) is 29.8 Å². The molecule has 0 heterocycles. The van der Waals surface area contributed by atoms with Crippen molar-refractivity contribution in [3.05, 3.63) is 65.2 Å². The number of benzene rings is 2. The van der Waals surface area contributed by atoms with Gasteiger partial charge in [-0.1, -0.05) is 24.0 Å². The maximum Gasteiger partial charge on any atom is 0.142 e. The van der Waals surface area contributed by atoms with Gasteiger partial charge in [-0.2, -0.15) is 0 Å². The molecule has 0 saturated carbocycles. The molecule has 0 spiro atoms. The highest BCUT2D eigenvalue weighted by Crippen LogP contribution is 2.17. The number of hydrogen-bond donors (Lipinski definition) is 1. The van der Waals surface area contributed by atoms with Gasteiger partial charge in [0.25, 0.3) is 0 Å². The molecule has 0 aliphatic rings. The predicted molar refractivity (Wildman–Crippen MR) is 71.1 cm³/mol. The van der Waals surface area contributed by atoms with Gasteiger partial charge in [0.1, 0.15) is 30.6 Å². The Morgan fingerprint density at radius 1 is 1.05 bits per heavy atom. The van der Waals surface area contributed by atoms with Crippen molar-refractivity contribution >= 4 is 0 Å². The van der Waals surface area contributed by atoms with Crippen molar-refractivity contribution in [2.45, 2.75) is 6.61 Å². The lowest BCUT2D eigenvalue weighted by atomic mass is 10.2. The summed E-state index contributed by atoms with van der Waals surface area (Å²) >= 11 is 0. The van der Waals surface area contributed by atoms with Crippen LogP contribution in [-0.4, -0.2) is 11.7 Å². The Hall–Kier alpha value is -2.38. The third kappa shape index (κ3) is 3.81. The van der Waals surface area contributed by atoms with Crippen molar-refractivity contribution < 1.29 is 18.6 Å². The zero-order valence-corrected chi connectivity index (χ0v) is 10.6. The molecule has 0 unspecified atom stereocenters. The van der Waals surface area contributed by atoms with Crippen LogP contribution < -0.4 is 4.74 Å². The van der Waals surface area contributed by atoms with Gasteiger partial charge in [0.15, 0.2) is 0 Å². The van der Waals surface area contributed by atoms with Gasteiger partial charge in [0, 0.05) is 6.07 Å². The van der Waals surface area contributed by atoms with Gasteiger partial charge in [0.05, 0.1) is 5.56 Å². The van der Waals surface area contributed by atoms with E-state index in [9.17, 15) is 8.78 Å². The van der Waals surface area contributed by atoms with Gasteiger partial charge < -0.3 is 9.84 Å². The molecule has 0 atom stereocenters. The fourth-order valence-electron chi connectivity index (χ4n) is 1.57. The largest absolute Gasteiger partial charge is 0.489 e. The molecule has 0 radical (unpaired) electrons. The van der Waals surface area contributed by atoms with Crippen LogP contribution in [0.2, 0.25) is 0 Å². The summed E-state index contributed by atoms with van der Waals surface area (Å²) in [5.74, 6) is 4.41. The van der Waals surface area contributed by atoms with Gasteiger partial charge in [0.2, 0.25) is 0 Å². The molecule has 0 aliphatic carbocycles. The Morgan fingerprint density at radius 2 is 1.80 bits per heavy atom. The minimum absolute atomic E-state index is 0.202. The van der Waals surface area contributed by atoms with E-state index >= 15 is 0 Å². The lowest BCUT2D eigenvalue weighted by Crippen LogP contribution is -1.96. The molecule has 1 N–H and O–H groups in total. The number of hydrogen-bond acceptors (Lipinski definition) is 2. The average Bonchev–Trinajstić information content (AvgIpc) is 2.46. The van der Waals surface area contributed by atoms with Crippen LogP contribution in [0.15, 0.2) is 42.5 Å². The molecule has 0 bridgehead atoms. The third-order valence-corrected chi connectivity index (χ3v) is 2.56. The van der Waals surface area contributed by atoms with Crippen molar-refractivity contribution in [1.82, 2.24) is 0 Å². The summed E-state index contributed by atoms with van der Waals surface area (Å²) in [5, 5.41) is 8.56. The minimum atomic E-state index is -0.512. The van der Waals surface area contributed by atoms with Gasteiger partial charge in [-0.3, -0.25) is 0 Å². The highest BCUT2D eigenvalue weighted by Gasteiger charge is 2.03. The van der Waals surface area contributed by atoms with E-state index in [4.69, 9.17) is 9.84 Å². The highest BCUT2D eigenvalue weighted by molar-refractivity contribution is 5.39. The first-order valence-corrected chi connectivity index (χ1v) is 5.95. The van der Waals surface area contributed by atoms with E-state index in [0.29, 0.717) is 5.75 Å². The van der Waals surface area contributed by atoms with Gasteiger partial charge in [-0.25, -0.2) is 8.78 Å². The zero-order valence-electron chi connectivity index (χ0n) is 10.6. The molecular weight excluding hydrogens is 262 g/mol. The first kappa shape index (κ1) is 14.0. The molecule has 0 amide bonds. The van der Waals surface area contributed by atoms with Crippen molar-refractivity contribution in [1.29, 1.82) is 0 Å². The molecule has 20 heavy (non-hydrogen) atoms. The molecule has 0 saturated heterocycles. The fourth-order valence-corrected chi connectivity index (χ4v) is 1.57. The first-order valence-electron chi connectivity index (χ1n) is 5.95. The second kappa shape index (κ2) is 6.69. The van der Waals surface area contributed by atoms with E-state index in [0.717, 1.165) is 5.56 Å². The lowest BCUT2D eigenvalue weighted by Gasteiger charge is -2.07. The topological polar surface area (TPSA) is 29.5 Å². The highest BCUT2D eigenvalue weighted by atomic mass is 19.1. The number of aliphatic hydroxyl groups excluding tert-OH is 1. The summed E-state index contributed by atoms with van der Waals surface area (Å²) in [7, 11) is 0. The average molecular weight is 274 g/mol. The summed E-state index contributed by atoms with van der Waals surface area (Å²) in [4.78, 5) is 0. The molecule has 2 aromatic carbocycles. The summed E-state index contributed by atoms with van der Waals surface area (Å²) < 4.78 is 31.8. The number of aliphatic hydroxyl groups is 1. The SMILES string of the molecule is OCC#Cc1ccc(OCc2ccc(F)cc2)cc1F. The lowest BCUT2D eigenvalue weighted by molar-refractivity contribution is 0.304. The second-order valence-electron chi connectivity index (χ2n) is 4.02. The van der Waals surface area contributed by atoms with E-state index in [1.54, 1.807) is 18.2 Å². The molecule has 0 aliphatic heterocycles. The van der Waals surface area contributed by atoms with Crippen molar-refractivity contribution in [2.24, 2.45) is 0 Å². The van der Waals surface area contributed by atoms with E-state index in [1.165, 1.54) is 24.3 Å². The third-order valence-electron chi connectivity index (χ3n) is 2.56. The minimum Gasteiger partial charge on any atom is -0.489 e. The number of rotatable bonds is 3. The Labute approximate surface area is 115 Å². The fraction of sp³-hybridized carbons (Fsp3) is 0.125. The summed E-state index contributed by atoms with van der Waals surface area (Å²) in [5.41, 5.74) is 0.990. The number of halogens is 2. The quantitative estimate of drug-likeness (QED) is 0.872. The molecule has 4 heteroatoms. The second-order valence-corrected chi connectivity index (χ2v) is 4.02. The maximum absolute atomic E-state index is 13.6. The van der Waals surface area contributed by atoms with E-state index in [-0.39, 0.29) is 24.6 Å². The van der Waals surface area contributed by atoms with Crippen LogP contribution in [0, 0.1) is 23.5 Å². The van der Waals surface area contributed by atoms with Crippen LogP contribution in [0.3, 0.4) is 0 Å². The summed E-state index contributed by atoms with van der Waals surface area (Å²) in [6.45, 7) is -0.0936. The monoisotopic (exact) mass is 274 g/mol. The van der Waals surface area contributed by atoms with Crippen molar-refractivity contribution in [3.63, 3.8) is 0 Å². The zero-order chi connectivity index (χ0) is 14.4. The van der Waals surface area contributed by atoms with Gasteiger partial charge in [-0.15, -0.1) is 0 Å². The smallest absolute Gasteiger partial charge is 0.142 e. The molecule has 2 aromatic rings. The maximum atomic E-state index is 13.6. The first-order chi connectivity index (χ1) is 9.69. The van der Waals surface area contributed by atoms with Crippen molar-refractivity contribution in [2.75, 3.05) is 6.61 Å². The van der Waals surface area contributed by atoms with E-state index in [1.807, 2.05) is 0 Å². The molecular formula is C16H12F2O2. The molecule has 2 nitrogen and oxygen atoms in total. The summed E-state index contributed by atoms with van der Waals surface area (Å²) in [6, 6.07) is 10.2. The normalized spacial score (nSPS) is 9.75. The van der Waals surface area contributed by atoms with Crippen molar-refractivity contribution in [3.8, 4) is 17.6 Å². The van der Waals surface area contributed by atoms with Crippen LogP contribution in [0.4, 0.5) is 8.78 Å². The van der Waals surface area contributed by atoms with E-state index in [2.05, 4.69) is 11.8 Å². The standard InChI is InChI=1S/C16H12F2O2/c17-14-6-3-12(4-7-14)11-20-15-8-5-13(2-1-9-19)16(18)10-15/h3-8,10,19H,9,11H2. The Kier molecular flexibility index (Phi) is 4.70. The van der Waals surface area contributed by atoms with Crippen LogP contribution in [0.5, 0.6) is 5.75 Å². The molecule has 0 aromatic heterocycles. The Morgan fingerprint density at radius 3 is 2.45 bits per heavy atom. The van der Waals surface area contributed by atoms with Crippen LogP contribution in [-0.2, 0) is 6.61 Å². The molecule has 102 valence electrons. The Bertz CT molecular complexity index is 640. The van der Waals surface area contributed by atoms with E-state index < -0.39 is 5.82 Å². The van der Waals surface area contributed by atoms with Crippen LogP contribution in [0.25, 0.3) is 0 Å². The van der Waals surface area contributed by atoms with Crippen LogP contribution in [0.1, 0.15) is 11.1 Å². The Balaban J connectivity index is 2.03. The molecule has 2 rings (SSSR count). The molecule has 0 fully saturated rings. The van der Waals surface area contributed by atoms with Crippen LogP contribution >= 0.6 is 0 Å². The summed E-state index contributed by atoms with van der Waals surface area (Å²) in [6.07, 6.45) is 0. The predicted octanol–water partition coefficient (Wildman–Crippen LogP) is 2.89.